The van der Waals surface area contributed by atoms with E-state index >= 15 is 0 Å². The van der Waals surface area contributed by atoms with Gasteiger partial charge in [0.1, 0.15) is 11.5 Å². The lowest BCUT2D eigenvalue weighted by Crippen LogP contribution is -2.03. The molecular formula is C17H21NO2. The third kappa shape index (κ3) is 2.73. The monoisotopic (exact) mass is 271 g/mol. The Balaban J connectivity index is 1.66. The highest BCUT2D eigenvalue weighted by atomic mass is 16.3. The summed E-state index contributed by atoms with van der Waals surface area (Å²) in [5, 5.41) is 13.1. The lowest BCUT2D eigenvalue weighted by molar-refractivity contribution is 0.200. The fourth-order valence-corrected chi connectivity index (χ4v) is 2.61. The van der Waals surface area contributed by atoms with Gasteiger partial charge < -0.3 is 14.8 Å². The number of rotatable bonds is 5. The van der Waals surface area contributed by atoms with Crippen molar-refractivity contribution in [2.45, 2.75) is 38.8 Å². The predicted octanol–water partition coefficient (Wildman–Crippen LogP) is 4.07. The predicted molar refractivity (Wildman–Crippen MR) is 79.6 cm³/mol. The number of hydrogen-bond acceptors (Lipinski definition) is 3. The Morgan fingerprint density at radius 3 is 2.75 bits per heavy atom. The van der Waals surface area contributed by atoms with E-state index < -0.39 is 6.10 Å². The summed E-state index contributed by atoms with van der Waals surface area (Å²) in [4.78, 5) is 0. The molecule has 2 aromatic rings. The number of benzene rings is 1. The van der Waals surface area contributed by atoms with Gasteiger partial charge in [-0.25, -0.2) is 0 Å². The van der Waals surface area contributed by atoms with Crippen LogP contribution in [-0.2, 0) is 6.54 Å². The second-order valence-electron chi connectivity index (χ2n) is 5.74. The van der Waals surface area contributed by atoms with Crippen LogP contribution in [0.15, 0.2) is 40.8 Å². The number of hydrogen-bond donors (Lipinski definition) is 2. The Hall–Kier alpha value is -1.74. The van der Waals surface area contributed by atoms with Gasteiger partial charge in [-0.15, -0.1) is 0 Å². The zero-order valence-electron chi connectivity index (χ0n) is 12.0. The van der Waals surface area contributed by atoms with Crippen LogP contribution in [0.2, 0.25) is 0 Å². The molecular weight excluding hydrogens is 250 g/mol. The van der Waals surface area contributed by atoms with Crippen molar-refractivity contribution in [3.8, 4) is 0 Å². The SMILES string of the molecule is CC(O)c1ccccc1NCc1ccc(C2CC2C)o1. The van der Waals surface area contributed by atoms with E-state index in [4.69, 9.17) is 4.42 Å². The fourth-order valence-electron chi connectivity index (χ4n) is 2.61. The molecule has 3 nitrogen and oxygen atoms in total. The average Bonchev–Trinajstić information content (AvgIpc) is 3.00. The number of aliphatic hydroxyl groups is 1. The molecule has 3 rings (SSSR count). The lowest BCUT2D eigenvalue weighted by Gasteiger charge is -2.13. The summed E-state index contributed by atoms with van der Waals surface area (Å²) in [6.07, 6.45) is 0.767. The van der Waals surface area contributed by atoms with Gasteiger partial charge in [-0.3, -0.25) is 0 Å². The first-order valence-electron chi connectivity index (χ1n) is 7.24. The van der Waals surface area contributed by atoms with Crippen molar-refractivity contribution >= 4 is 5.69 Å². The molecule has 1 aliphatic carbocycles. The van der Waals surface area contributed by atoms with Gasteiger partial charge in [-0.1, -0.05) is 25.1 Å². The number of nitrogens with one attached hydrogen (secondary N) is 1. The van der Waals surface area contributed by atoms with Crippen LogP contribution >= 0.6 is 0 Å². The van der Waals surface area contributed by atoms with Gasteiger partial charge in [0.2, 0.25) is 0 Å². The van der Waals surface area contributed by atoms with E-state index in [1.165, 1.54) is 6.42 Å². The average molecular weight is 271 g/mol. The summed E-state index contributed by atoms with van der Waals surface area (Å²) in [7, 11) is 0. The maximum atomic E-state index is 9.75. The molecule has 1 aliphatic rings. The first-order chi connectivity index (χ1) is 9.65. The molecule has 1 saturated carbocycles. The zero-order valence-corrected chi connectivity index (χ0v) is 12.0. The standard InChI is InChI=1S/C17H21NO2/c1-11-9-15(11)17-8-7-13(20-17)10-18-16-6-4-3-5-14(16)12(2)19/h3-8,11-12,15,18-19H,9-10H2,1-2H3. The molecule has 0 radical (unpaired) electrons. The van der Waals surface area contributed by atoms with Gasteiger partial charge in [0.15, 0.2) is 0 Å². The van der Waals surface area contributed by atoms with Crippen LogP contribution in [-0.4, -0.2) is 5.11 Å². The molecule has 0 spiro atoms. The quantitative estimate of drug-likeness (QED) is 0.861. The number of aliphatic hydroxyl groups excluding tert-OH is 1. The molecule has 3 unspecified atom stereocenters. The van der Waals surface area contributed by atoms with Crippen molar-refractivity contribution in [2.24, 2.45) is 5.92 Å². The van der Waals surface area contributed by atoms with Crippen molar-refractivity contribution in [1.82, 2.24) is 0 Å². The molecule has 0 aliphatic heterocycles. The minimum absolute atomic E-state index is 0.474. The van der Waals surface area contributed by atoms with Crippen molar-refractivity contribution in [1.29, 1.82) is 0 Å². The second-order valence-corrected chi connectivity index (χ2v) is 5.74. The minimum Gasteiger partial charge on any atom is -0.464 e. The van der Waals surface area contributed by atoms with Crippen molar-refractivity contribution in [3.05, 3.63) is 53.5 Å². The highest BCUT2D eigenvalue weighted by molar-refractivity contribution is 5.52. The van der Waals surface area contributed by atoms with Crippen LogP contribution in [0.25, 0.3) is 0 Å². The first-order valence-corrected chi connectivity index (χ1v) is 7.24. The summed E-state index contributed by atoms with van der Waals surface area (Å²) in [5.74, 6) is 3.43. The normalized spacial score (nSPS) is 22.6. The number of furan rings is 1. The highest BCUT2D eigenvalue weighted by Gasteiger charge is 2.36. The Morgan fingerprint density at radius 2 is 2.05 bits per heavy atom. The van der Waals surface area contributed by atoms with Crippen LogP contribution in [0.5, 0.6) is 0 Å². The molecule has 1 heterocycles. The third-order valence-corrected chi connectivity index (χ3v) is 4.02. The van der Waals surface area contributed by atoms with Gasteiger partial charge in [0.05, 0.1) is 12.6 Å². The van der Waals surface area contributed by atoms with Gasteiger partial charge in [0.25, 0.3) is 0 Å². The Labute approximate surface area is 119 Å². The number of anilines is 1. The maximum absolute atomic E-state index is 9.75. The van der Waals surface area contributed by atoms with Crippen LogP contribution in [0.4, 0.5) is 5.69 Å². The highest BCUT2D eigenvalue weighted by Crippen LogP contribution is 2.47. The lowest BCUT2D eigenvalue weighted by atomic mass is 10.1. The molecule has 1 fully saturated rings. The summed E-state index contributed by atoms with van der Waals surface area (Å²) >= 11 is 0. The topological polar surface area (TPSA) is 45.4 Å². The zero-order chi connectivity index (χ0) is 14.1. The number of para-hydroxylation sites is 1. The van der Waals surface area contributed by atoms with Crippen molar-refractivity contribution in [2.75, 3.05) is 5.32 Å². The van der Waals surface area contributed by atoms with E-state index in [1.807, 2.05) is 30.3 Å². The molecule has 1 aromatic carbocycles. The summed E-state index contributed by atoms with van der Waals surface area (Å²) in [6.45, 7) is 4.68. The molecule has 106 valence electrons. The Morgan fingerprint density at radius 1 is 1.30 bits per heavy atom. The summed E-state index contributed by atoms with van der Waals surface area (Å²) in [5.41, 5.74) is 1.87. The molecule has 0 amide bonds. The second kappa shape index (κ2) is 5.33. The fraction of sp³-hybridized carbons (Fsp3) is 0.412. The van der Waals surface area contributed by atoms with E-state index in [9.17, 15) is 5.11 Å². The summed E-state index contributed by atoms with van der Waals surface area (Å²) < 4.78 is 5.88. The Kier molecular flexibility index (Phi) is 3.53. The van der Waals surface area contributed by atoms with Gasteiger partial charge in [-0.2, -0.15) is 0 Å². The maximum Gasteiger partial charge on any atom is 0.123 e. The molecule has 0 bridgehead atoms. The molecule has 2 N–H and O–H groups in total. The largest absolute Gasteiger partial charge is 0.464 e. The molecule has 3 heteroatoms. The molecule has 3 atom stereocenters. The van der Waals surface area contributed by atoms with Crippen molar-refractivity contribution < 1.29 is 9.52 Å². The van der Waals surface area contributed by atoms with E-state index in [1.54, 1.807) is 6.92 Å². The molecule has 20 heavy (non-hydrogen) atoms. The van der Waals surface area contributed by atoms with Gasteiger partial charge in [-0.05, 0) is 37.5 Å². The smallest absolute Gasteiger partial charge is 0.123 e. The van der Waals surface area contributed by atoms with E-state index in [0.29, 0.717) is 12.5 Å². The molecule has 0 saturated heterocycles. The van der Waals surface area contributed by atoms with Gasteiger partial charge >= 0.3 is 0 Å². The minimum atomic E-state index is -0.474. The summed E-state index contributed by atoms with van der Waals surface area (Å²) in [6, 6.07) is 12.0. The third-order valence-electron chi connectivity index (χ3n) is 4.02. The van der Waals surface area contributed by atoms with E-state index in [-0.39, 0.29) is 0 Å². The van der Waals surface area contributed by atoms with Crippen LogP contribution < -0.4 is 5.32 Å². The Bertz CT molecular complexity index is 588. The van der Waals surface area contributed by atoms with Crippen molar-refractivity contribution in [3.63, 3.8) is 0 Å². The van der Waals surface area contributed by atoms with Gasteiger partial charge in [0, 0.05) is 17.2 Å². The van der Waals surface area contributed by atoms with E-state index in [0.717, 1.165) is 28.7 Å². The molecule has 1 aromatic heterocycles. The van der Waals surface area contributed by atoms with Crippen LogP contribution in [0.1, 0.15) is 49.4 Å². The first kappa shape index (κ1) is 13.3. The van der Waals surface area contributed by atoms with E-state index in [2.05, 4.69) is 18.3 Å². The van der Waals surface area contributed by atoms with Crippen LogP contribution in [0, 0.1) is 5.92 Å². The van der Waals surface area contributed by atoms with Crippen LogP contribution in [0.3, 0.4) is 0 Å².